The fourth-order valence-corrected chi connectivity index (χ4v) is 4.10. The first-order valence-electron chi connectivity index (χ1n) is 10.1. The molecule has 1 aromatic rings. The molecule has 1 aliphatic heterocycles. The molecular weight excluding hydrogens is 476 g/mol. The molecule has 1 aliphatic rings. The van der Waals surface area contributed by atoms with Gasteiger partial charge in [0.15, 0.2) is 12.2 Å². The highest BCUT2D eigenvalue weighted by Gasteiger charge is 2.53. The minimum absolute atomic E-state index is 0.135. The third-order valence-electron chi connectivity index (χ3n) is 4.48. The van der Waals surface area contributed by atoms with Crippen molar-refractivity contribution in [3.63, 3.8) is 0 Å². The molecule has 1 unspecified atom stereocenters. The predicted molar refractivity (Wildman–Crippen MR) is 111 cm³/mol. The van der Waals surface area contributed by atoms with Gasteiger partial charge in [-0.3, -0.25) is 23.4 Å². The largest absolute Gasteiger partial charge is 0.456 e. The van der Waals surface area contributed by atoms with Gasteiger partial charge in [-0.15, -0.1) is 0 Å². The van der Waals surface area contributed by atoms with Crippen molar-refractivity contribution < 1.29 is 55.5 Å². The lowest BCUT2D eigenvalue weighted by molar-refractivity contribution is -0.298. The molecule has 12 nitrogen and oxygen atoms in total. The first-order valence-corrected chi connectivity index (χ1v) is 11.5. The van der Waals surface area contributed by atoms with E-state index < -0.39 is 71.3 Å². The van der Waals surface area contributed by atoms with Gasteiger partial charge in [0.25, 0.3) is 10.1 Å². The minimum Gasteiger partial charge on any atom is -0.456 e. The third-order valence-corrected chi connectivity index (χ3v) is 5.77. The van der Waals surface area contributed by atoms with Crippen molar-refractivity contribution in [1.82, 2.24) is 0 Å². The Morgan fingerprint density at radius 1 is 0.765 bits per heavy atom. The van der Waals surface area contributed by atoms with Crippen LogP contribution in [0.3, 0.4) is 0 Å². The average Bonchev–Trinajstić information content (AvgIpc) is 2.70. The molecule has 13 heteroatoms. The number of aryl methyl sites for hydroxylation is 1. The monoisotopic (exact) mass is 502 g/mol. The van der Waals surface area contributed by atoms with Gasteiger partial charge in [-0.25, -0.2) is 0 Å². The van der Waals surface area contributed by atoms with Crippen LogP contribution in [-0.4, -0.2) is 69.6 Å². The van der Waals surface area contributed by atoms with Gasteiger partial charge >= 0.3 is 23.9 Å². The van der Waals surface area contributed by atoms with Crippen molar-refractivity contribution in [1.29, 1.82) is 0 Å². The van der Waals surface area contributed by atoms with Crippen molar-refractivity contribution in [3.8, 4) is 0 Å². The van der Waals surface area contributed by atoms with Crippen LogP contribution in [0.2, 0.25) is 0 Å². The Morgan fingerprint density at radius 3 is 1.74 bits per heavy atom. The fourth-order valence-electron chi connectivity index (χ4n) is 3.18. The van der Waals surface area contributed by atoms with Gasteiger partial charge in [-0.1, -0.05) is 17.7 Å². The molecule has 0 spiro atoms. The molecule has 0 aliphatic carbocycles. The molecule has 0 amide bonds. The van der Waals surface area contributed by atoms with Crippen LogP contribution in [0, 0.1) is 6.92 Å². The minimum atomic E-state index is -4.26. The van der Waals surface area contributed by atoms with E-state index in [1.165, 1.54) is 12.1 Å². The summed E-state index contributed by atoms with van der Waals surface area (Å²) in [6, 6.07) is 5.84. The van der Waals surface area contributed by atoms with Crippen molar-refractivity contribution in [3.05, 3.63) is 29.8 Å². The number of ether oxygens (including phenoxy) is 5. The molecule has 1 saturated heterocycles. The maximum Gasteiger partial charge on any atom is 0.305 e. The third kappa shape index (κ3) is 7.50. The second-order valence-corrected chi connectivity index (χ2v) is 9.04. The predicted octanol–water partition coefficient (Wildman–Crippen LogP) is 0.783. The number of carbonyl (C=O) groups excluding carboxylic acids is 4. The quantitative estimate of drug-likeness (QED) is 0.280. The number of hydrogen-bond donors (Lipinski definition) is 0. The maximum absolute atomic E-state index is 12.6. The lowest BCUT2D eigenvalue weighted by atomic mass is 9.98. The Balaban J connectivity index is 2.40. The zero-order valence-corrected chi connectivity index (χ0v) is 20.0. The van der Waals surface area contributed by atoms with E-state index in [2.05, 4.69) is 0 Å². The van der Waals surface area contributed by atoms with Crippen molar-refractivity contribution in [2.24, 2.45) is 0 Å². The van der Waals surface area contributed by atoms with Crippen molar-refractivity contribution in [2.75, 3.05) is 6.61 Å². The van der Waals surface area contributed by atoms with E-state index >= 15 is 0 Å². The summed E-state index contributed by atoms with van der Waals surface area (Å²) >= 11 is 0. The number of hydrogen-bond acceptors (Lipinski definition) is 12. The van der Waals surface area contributed by atoms with Gasteiger partial charge in [-0.05, 0) is 19.1 Å². The average molecular weight is 502 g/mol. The highest BCUT2D eigenvalue weighted by Crippen LogP contribution is 2.30. The molecule has 5 atom stereocenters. The summed E-state index contributed by atoms with van der Waals surface area (Å²) in [5.41, 5.74) is 0.828. The first kappa shape index (κ1) is 27.2. The van der Waals surface area contributed by atoms with Crippen LogP contribution in [0.5, 0.6) is 0 Å². The van der Waals surface area contributed by atoms with Crippen LogP contribution < -0.4 is 0 Å². The van der Waals surface area contributed by atoms with E-state index in [1.54, 1.807) is 19.1 Å². The van der Waals surface area contributed by atoms with E-state index in [4.69, 9.17) is 27.9 Å². The van der Waals surface area contributed by atoms with Crippen LogP contribution >= 0.6 is 0 Å². The molecule has 0 radical (unpaired) electrons. The number of rotatable bonds is 8. The lowest BCUT2D eigenvalue weighted by Gasteiger charge is -2.43. The van der Waals surface area contributed by atoms with E-state index in [0.717, 1.165) is 33.3 Å². The zero-order chi connectivity index (χ0) is 25.6. The van der Waals surface area contributed by atoms with E-state index in [0.29, 0.717) is 0 Å². The SMILES string of the molecule is CC(=O)OC1O[C@H](COS(=O)(=O)c2ccc(C)cc2)[C@@H](OC(C)=O)[C@H](OC(C)=O)[C@H]1OC(C)=O. The van der Waals surface area contributed by atoms with Crippen LogP contribution in [0.1, 0.15) is 33.3 Å². The van der Waals surface area contributed by atoms with Crippen LogP contribution in [0.15, 0.2) is 29.2 Å². The van der Waals surface area contributed by atoms with E-state index in [1.807, 2.05) is 0 Å². The van der Waals surface area contributed by atoms with E-state index in [-0.39, 0.29) is 4.90 Å². The summed E-state index contributed by atoms with van der Waals surface area (Å²) in [5, 5.41) is 0. The smallest absolute Gasteiger partial charge is 0.305 e. The van der Waals surface area contributed by atoms with Crippen LogP contribution in [-0.2, 0) is 57.2 Å². The molecule has 1 aromatic carbocycles. The van der Waals surface area contributed by atoms with Crippen molar-refractivity contribution >= 4 is 34.0 Å². The van der Waals surface area contributed by atoms with Crippen molar-refractivity contribution in [2.45, 2.75) is 70.2 Å². The molecule has 0 bridgehead atoms. The topological polar surface area (TPSA) is 158 Å². The van der Waals surface area contributed by atoms with Gasteiger partial charge < -0.3 is 23.7 Å². The van der Waals surface area contributed by atoms with Gasteiger partial charge in [0.1, 0.15) is 6.10 Å². The summed E-state index contributed by atoms with van der Waals surface area (Å²) in [6.07, 6.45) is -7.50. The summed E-state index contributed by atoms with van der Waals surface area (Å²) in [5.74, 6) is -3.33. The second-order valence-electron chi connectivity index (χ2n) is 7.43. The highest BCUT2D eigenvalue weighted by atomic mass is 32.2. The molecule has 1 fully saturated rings. The maximum atomic E-state index is 12.6. The molecule has 34 heavy (non-hydrogen) atoms. The van der Waals surface area contributed by atoms with Gasteiger partial charge in [0.2, 0.25) is 12.4 Å². The normalized spacial score (nSPS) is 24.6. The summed E-state index contributed by atoms with van der Waals surface area (Å²) < 4.78 is 56.6. The van der Waals surface area contributed by atoms with Gasteiger partial charge in [-0.2, -0.15) is 8.42 Å². The molecule has 188 valence electrons. The Bertz CT molecular complexity index is 1020. The summed E-state index contributed by atoms with van der Waals surface area (Å²) in [4.78, 5) is 46.6. The Kier molecular flexibility index (Phi) is 9.13. The molecule has 1 heterocycles. The summed E-state index contributed by atoms with van der Waals surface area (Å²) in [7, 11) is -4.26. The van der Waals surface area contributed by atoms with Crippen LogP contribution in [0.4, 0.5) is 0 Å². The summed E-state index contributed by atoms with van der Waals surface area (Å²) in [6.45, 7) is 5.29. The second kappa shape index (κ2) is 11.4. The van der Waals surface area contributed by atoms with Crippen LogP contribution in [0.25, 0.3) is 0 Å². The van der Waals surface area contributed by atoms with E-state index in [9.17, 15) is 27.6 Å². The lowest BCUT2D eigenvalue weighted by Crippen LogP contribution is -2.63. The Morgan fingerprint density at radius 2 is 1.24 bits per heavy atom. The van der Waals surface area contributed by atoms with Gasteiger partial charge in [0.05, 0.1) is 11.5 Å². The first-order chi connectivity index (χ1) is 15.8. The molecule has 0 saturated carbocycles. The number of carbonyl (C=O) groups is 4. The van der Waals surface area contributed by atoms with Gasteiger partial charge in [0, 0.05) is 27.7 Å². The Hall–Kier alpha value is -3.03. The number of benzene rings is 1. The molecule has 0 N–H and O–H groups in total. The molecule has 2 rings (SSSR count). The highest BCUT2D eigenvalue weighted by molar-refractivity contribution is 7.86. The molecular formula is C21H26O12S. The molecule has 0 aromatic heterocycles. The standard InChI is InChI=1S/C21H26O12S/c1-11-6-8-16(9-7-11)34(26,27)28-10-17-18(29-12(2)22)19(30-13(3)23)20(31-14(4)24)21(33-17)32-15(5)25/h6-9,17-21H,10H2,1-5H3/t17-,18-,19+,20-,21?/m1/s1. The fraction of sp³-hybridized carbons (Fsp3) is 0.524. The zero-order valence-electron chi connectivity index (χ0n) is 19.2. The Labute approximate surface area is 196 Å². The number of esters is 4.